The van der Waals surface area contributed by atoms with E-state index in [2.05, 4.69) is 55.3 Å². The van der Waals surface area contributed by atoms with Crippen molar-refractivity contribution in [1.82, 2.24) is 4.90 Å². The average molecular weight is 320 g/mol. The van der Waals surface area contributed by atoms with Gasteiger partial charge in [0.15, 0.2) is 0 Å². The number of nitrogens with zero attached hydrogens (tertiary/aromatic N) is 1. The summed E-state index contributed by atoms with van der Waals surface area (Å²) in [6, 6.07) is 10.7. The third-order valence-electron chi connectivity index (χ3n) is 2.52. The summed E-state index contributed by atoms with van der Waals surface area (Å²) in [6.45, 7) is 3.53. The van der Waals surface area contributed by atoms with Crippen LogP contribution in [0.1, 0.15) is 18.4 Å². The van der Waals surface area contributed by atoms with Gasteiger partial charge in [-0.2, -0.15) is 6.42 Å². The SMILES string of the molecule is [Zn+][Br].c1ccc(CN2C[CH-]CCC2)cc1. The molecule has 1 aliphatic heterocycles. The quantitative estimate of drug-likeness (QED) is 0.597. The van der Waals surface area contributed by atoms with E-state index in [0.717, 1.165) is 13.1 Å². The fourth-order valence-corrected chi connectivity index (χ4v) is 1.81. The molecule has 0 N–H and O–H groups in total. The molecule has 0 aromatic heterocycles. The number of benzene rings is 1. The Bertz CT molecular complexity index is 247. The van der Waals surface area contributed by atoms with Gasteiger partial charge in [0.05, 0.1) is 0 Å². The summed E-state index contributed by atoms with van der Waals surface area (Å²) >= 11 is 4.25. The maximum absolute atomic E-state index is 3.06. The molecule has 15 heavy (non-hydrogen) atoms. The van der Waals surface area contributed by atoms with Crippen LogP contribution in [0.4, 0.5) is 0 Å². The first-order valence-electron chi connectivity index (χ1n) is 5.30. The predicted molar refractivity (Wildman–Crippen MR) is 64.2 cm³/mol. The van der Waals surface area contributed by atoms with Crippen LogP contribution in [0.25, 0.3) is 0 Å². The Morgan fingerprint density at radius 1 is 1.27 bits per heavy atom. The Morgan fingerprint density at radius 2 is 2.00 bits per heavy atom. The van der Waals surface area contributed by atoms with E-state index in [4.69, 9.17) is 0 Å². The zero-order valence-electron chi connectivity index (χ0n) is 9.03. The molecule has 1 fully saturated rings. The minimum atomic E-state index is 1.11. The van der Waals surface area contributed by atoms with E-state index in [0.29, 0.717) is 0 Å². The second kappa shape index (κ2) is 8.44. The van der Waals surface area contributed by atoms with Crippen LogP contribution in [-0.4, -0.2) is 18.0 Å². The first-order valence-corrected chi connectivity index (χ1v) is 12.2. The van der Waals surface area contributed by atoms with Crippen molar-refractivity contribution in [2.24, 2.45) is 0 Å². The van der Waals surface area contributed by atoms with Crippen LogP contribution >= 0.6 is 13.6 Å². The van der Waals surface area contributed by atoms with Crippen LogP contribution in [0.15, 0.2) is 30.3 Å². The molecule has 0 radical (unpaired) electrons. The van der Waals surface area contributed by atoms with Crippen molar-refractivity contribution in [3.05, 3.63) is 42.3 Å². The fourth-order valence-electron chi connectivity index (χ4n) is 1.81. The standard InChI is InChI=1S/C12H16N.BrH.Zn/c1-3-7-12(8-4-1)11-13-9-5-2-6-10-13;;/h1,3-5,7-8H,2,6,9-11H2;1H;/q-1;;+2/p-1. The van der Waals surface area contributed by atoms with E-state index in [9.17, 15) is 0 Å². The van der Waals surface area contributed by atoms with Crippen LogP contribution in [-0.2, 0) is 22.9 Å². The Labute approximate surface area is 109 Å². The number of hydrogen-bond donors (Lipinski definition) is 0. The second-order valence-electron chi connectivity index (χ2n) is 3.65. The smallest absolute Gasteiger partial charge is 0.0205 e. The third kappa shape index (κ3) is 5.24. The van der Waals surface area contributed by atoms with Crippen molar-refractivity contribution < 1.29 is 16.3 Å². The van der Waals surface area contributed by atoms with Crippen LogP contribution in [0.2, 0.25) is 0 Å². The summed E-state index contributed by atoms with van der Waals surface area (Å²) in [7, 11) is 0. The molecule has 1 saturated heterocycles. The normalized spacial score (nSPS) is 16.7. The molecule has 2 rings (SSSR count). The molecule has 1 heterocycles. The van der Waals surface area contributed by atoms with Crippen LogP contribution < -0.4 is 0 Å². The van der Waals surface area contributed by atoms with Crippen molar-refractivity contribution in [3.63, 3.8) is 0 Å². The zero-order chi connectivity index (χ0) is 10.9. The van der Waals surface area contributed by atoms with Crippen molar-refractivity contribution in [3.8, 4) is 0 Å². The minimum absolute atomic E-state index is 1.11. The molecule has 0 amide bonds. The predicted octanol–water partition coefficient (Wildman–Crippen LogP) is 3.33. The molecule has 0 aliphatic carbocycles. The molecule has 0 bridgehead atoms. The van der Waals surface area contributed by atoms with Gasteiger partial charge in [-0.1, -0.05) is 36.8 Å². The van der Waals surface area contributed by atoms with Crippen molar-refractivity contribution in [2.75, 3.05) is 13.1 Å². The number of rotatable bonds is 2. The molecule has 78 valence electrons. The van der Waals surface area contributed by atoms with Gasteiger partial charge in [0, 0.05) is 6.54 Å². The maximum Gasteiger partial charge on any atom is 0.0205 e. The average Bonchev–Trinajstić information content (AvgIpc) is 2.34. The molecule has 3 heteroatoms. The number of halogens is 1. The van der Waals surface area contributed by atoms with Gasteiger partial charge in [-0.25, -0.2) is 0 Å². The van der Waals surface area contributed by atoms with E-state index >= 15 is 0 Å². The molecule has 0 atom stereocenters. The molecule has 1 aromatic carbocycles. The van der Waals surface area contributed by atoms with Gasteiger partial charge in [0.1, 0.15) is 0 Å². The van der Waals surface area contributed by atoms with Crippen molar-refractivity contribution in [2.45, 2.75) is 19.4 Å². The molecule has 0 unspecified atom stereocenters. The molecular formula is C12H16BrNZn. The van der Waals surface area contributed by atoms with Crippen molar-refractivity contribution >= 4 is 13.6 Å². The molecule has 0 spiro atoms. The first kappa shape index (κ1) is 13.3. The first-order chi connectivity index (χ1) is 7.45. The Hall–Kier alpha value is 0.283. The molecular weight excluding hydrogens is 303 g/mol. The third-order valence-corrected chi connectivity index (χ3v) is 2.52. The van der Waals surface area contributed by atoms with Crippen molar-refractivity contribution in [1.29, 1.82) is 0 Å². The summed E-state index contributed by atoms with van der Waals surface area (Å²) in [5.41, 5.74) is 1.43. The van der Waals surface area contributed by atoms with Gasteiger partial charge < -0.3 is 11.3 Å². The molecule has 0 saturated carbocycles. The van der Waals surface area contributed by atoms with E-state index < -0.39 is 0 Å². The van der Waals surface area contributed by atoms with Crippen LogP contribution in [0.3, 0.4) is 0 Å². The van der Waals surface area contributed by atoms with Gasteiger partial charge in [-0.3, -0.25) is 0 Å². The summed E-state index contributed by atoms with van der Waals surface area (Å²) in [6.07, 6.45) is 5.00. The monoisotopic (exact) mass is 317 g/mol. The Kier molecular flexibility index (Phi) is 7.51. The van der Waals surface area contributed by atoms with Crippen LogP contribution in [0.5, 0.6) is 0 Å². The molecule has 1 aliphatic rings. The van der Waals surface area contributed by atoms with Crippen LogP contribution in [0, 0.1) is 6.42 Å². The summed E-state index contributed by atoms with van der Waals surface area (Å²) < 4.78 is 0. The minimum Gasteiger partial charge on any atom is -0.328 e. The number of piperidine rings is 1. The zero-order valence-corrected chi connectivity index (χ0v) is 13.6. The molecule has 1 aromatic rings. The Morgan fingerprint density at radius 3 is 2.60 bits per heavy atom. The molecule has 1 nitrogen and oxygen atoms in total. The van der Waals surface area contributed by atoms with E-state index in [1.54, 1.807) is 0 Å². The Balaban J connectivity index is 0.000000531. The maximum atomic E-state index is 3.06. The summed E-state index contributed by atoms with van der Waals surface area (Å²) in [4.78, 5) is 2.50. The van der Waals surface area contributed by atoms with E-state index in [-0.39, 0.29) is 0 Å². The van der Waals surface area contributed by atoms with Gasteiger partial charge >= 0.3 is 30.0 Å². The fraction of sp³-hybridized carbons (Fsp3) is 0.417. The van der Waals surface area contributed by atoms with Gasteiger partial charge in [-0.15, -0.1) is 6.54 Å². The number of likely N-dealkylation sites (tertiary alicyclic amines) is 1. The van der Waals surface area contributed by atoms with E-state index in [1.807, 2.05) is 0 Å². The van der Waals surface area contributed by atoms with E-state index in [1.165, 1.54) is 41.3 Å². The van der Waals surface area contributed by atoms with Gasteiger partial charge in [0.2, 0.25) is 0 Å². The topological polar surface area (TPSA) is 3.24 Å². The summed E-state index contributed by atoms with van der Waals surface area (Å²) in [5.74, 6) is 0. The number of hydrogen-bond acceptors (Lipinski definition) is 1. The largest absolute Gasteiger partial charge is 0.328 e. The van der Waals surface area contributed by atoms with Gasteiger partial charge in [0.25, 0.3) is 0 Å². The second-order valence-corrected chi connectivity index (χ2v) is 3.65. The summed E-state index contributed by atoms with van der Waals surface area (Å²) in [5, 5.41) is 0. The van der Waals surface area contributed by atoms with Gasteiger partial charge in [-0.05, 0) is 12.1 Å².